The molecule has 2 rings (SSSR count). The van der Waals surface area contributed by atoms with Gasteiger partial charge in [0.1, 0.15) is 12.9 Å². The minimum Gasteiger partial charge on any atom is -0.445 e. The van der Waals surface area contributed by atoms with E-state index >= 15 is 0 Å². The van der Waals surface area contributed by atoms with Crippen molar-refractivity contribution in [3.8, 4) is 0 Å². The molecule has 2 heterocycles. The molecule has 96 valence electrons. The Labute approximate surface area is 104 Å². The second kappa shape index (κ2) is 5.46. The second-order valence-corrected chi connectivity index (χ2v) is 3.56. The minimum absolute atomic E-state index is 0.0435. The van der Waals surface area contributed by atoms with Gasteiger partial charge in [0.25, 0.3) is 0 Å². The van der Waals surface area contributed by atoms with Gasteiger partial charge in [-0.25, -0.2) is 14.8 Å². The Morgan fingerprint density at radius 2 is 2.44 bits per heavy atom. The van der Waals surface area contributed by atoms with E-state index in [1.807, 2.05) is 23.8 Å². The summed E-state index contributed by atoms with van der Waals surface area (Å²) in [7, 11) is 0. The van der Waals surface area contributed by atoms with E-state index in [1.54, 1.807) is 6.20 Å². The van der Waals surface area contributed by atoms with E-state index in [0.29, 0.717) is 6.61 Å². The van der Waals surface area contributed by atoms with Crippen molar-refractivity contribution in [2.45, 2.75) is 13.2 Å². The average Bonchev–Trinajstić information content (AvgIpc) is 2.78. The van der Waals surface area contributed by atoms with Crippen molar-refractivity contribution in [2.75, 3.05) is 13.2 Å². The van der Waals surface area contributed by atoms with Crippen LogP contribution >= 0.6 is 0 Å². The molecule has 0 spiro atoms. The highest BCUT2D eigenvalue weighted by molar-refractivity contribution is 5.74. The zero-order valence-corrected chi connectivity index (χ0v) is 9.94. The Morgan fingerprint density at radius 1 is 1.61 bits per heavy atom. The van der Waals surface area contributed by atoms with Crippen LogP contribution < -0.4 is 5.73 Å². The first-order valence-electron chi connectivity index (χ1n) is 5.52. The van der Waals surface area contributed by atoms with Gasteiger partial charge in [-0.1, -0.05) is 0 Å². The third-order valence-electron chi connectivity index (χ3n) is 2.43. The van der Waals surface area contributed by atoms with Crippen LogP contribution in [-0.4, -0.2) is 33.8 Å². The lowest BCUT2D eigenvalue weighted by Gasteiger charge is -2.19. The van der Waals surface area contributed by atoms with Crippen LogP contribution in [0, 0.1) is 0 Å². The maximum absolute atomic E-state index is 10.7. The molecule has 0 radical (unpaired) electrons. The molecule has 0 aliphatic rings. The lowest BCUT2D eigenvalue weighted by molar-refractivity contribution is -0.0294. The summed E-state index contributed by atoms with van der Waals surface area (Å²) in [6.45, 7) is 2.39. The van der Waals surface area contributed by atoms with E-state index in [-0.39, 0.29) is 6.61 Å². The fourth-order valence-electron chi connectivity index (χ4n) is 1.70. The monoisotopic (exact) mass is 250 g/mol. The fraction of sp³-hybridized carbons (Fsp3) is 0.364. The van der Waals surface area contributed by atoms with Crippen LogP contribution in [-0.2, 0) is 9.47 Å². The molecule has 2 N–H and O–H groups in total. The summed E-state index contributed by atoms with van der Waals surface area (Å²) < 4.78 is 12.1. The summed E-state index contributed by atoms with van der Waals surface area (Å²) in [6.07, 6.45) is 3.70. The number of ether oxygens (including phenoxy) is 2. The molecule has 0 saturated heterocycles. The SMILES string of the molecule is CCOC(COC(N)=O)n1ccc2ncncc21. The van der Waals surface area contributed by atoms with Crippen LogP contribution in [0.5, 0.6) is 0 Å². The van der Waals surface area contributed by atoms with E-state index in [1.165, 1.54) is 6.33 Å². The predicted molar refractivity (Wildman–Crippen MR) is 63.7 cm³/mol. The molecule has 0 aliphatic heterocycles. The molecule has 2 aromatic heterocycles. The standard InChI is InChI=1S/C11H14N4O3/c1-2-17-10(6-18-11(12)16)15-4-3-8-9(15)5-13-7-14-8/h3-5,7,10H,2,6H2,1H3,(H2,12,16). The molecule has 0 saturated carbocycles. The molecule has 2 aromatic rings. The van der Waals surface area contributed by atoms with Crippen molar-refractivity contribution in [2.24, 2.45) is 5.73 Å². The number of amides is 1. The van der Waals surface area contributed by atoms with Gasteiger partial charge in [-0.3, -0.25) is 0 Å². The molecule has 0 fully saturated rings. The van der Waals surface area contributed by atoms with Gasteiger partial charge in [0.05, 0.1) is 17.2 Å². The quantitative estimate of drug-likeness (QED) is 0.856. The Kier molecular flexibility index (Phi) is 3.73. The Bertz CT molecular complexity index is 540. The van der Waals surface area contributed by atoms with Crippen molar-refractivity contribution < 1.29 is 14.3 Å². The summed E-state index contributed by atoms with van der Waals surface area (Å²) in [5, 5.41) is 0. The number of rotatable bonds is 5. The van der Waals surface area contributed by atoms with Crippen molar-refractivity contribution in [1.29, 1.82) is 0 Å². The Morgan fingerprint density at radius 3 is 3.17 bits per heavy atom. The van der Waals surface area contributed by atoms with E-state index in [4.69, 9.17) is 15.2 Å². The molecule has 0 bridgehead atoms. The van der Waals surface area contributed by atoms with Gasteiger partial charge >= 0.3 is 6.09 Å². The normalized spacial score (nSPS) is 12.5. The maximum atomic E-state index is 10.7. The number of fused-ring (bicyclic) bond motifs is 1. The third-order valence-corrected chi connectivity index (χ3v) is 2.43. The highest BCUT2D eigenvalue weighted by Gasteiger charge is 2.15. The molecule has 7 heteroatoms. The maximum Gasteiger partial charge on any atom is 0.404 e. The van der Waals surface area contributed by atoms with E-state index in [0.717, 1.165) is 11.0 Å². The van der Waals surface area contributed by atoms with E-state index < -0.39 is 12.3 Å². The first-order chi connectivity index (χ1) is 8.72. The highest BCUT2D eigenvalue weighted by Crippen LogP contribution is 2.18. The van der Waals surface area contributed by atoms with E-state index in [9.17, 15) is 4.79 Å². The van der Waals surface area contributed by atoms with Crippen molar-refractivity contribution in [1.82, 2.24) is 14.5 Å². The molecule has 0 aromatic carbocycles. The largest absolute Gasteiger partial charge is 0.445 e. The molecule has 1 atom stereocenters. The fourth-order valence-corrected chi connectivity index (χ4v) is 1.70. The molecule has 1 unspecified atom stereocenters. The third kappa shape index (κ3) is 2.57. The van der Waals surface area contributed by atoms with E-state index in [2.05, 4.69) is 9.97 Å². The predicted octanol–water partition coefficient (Wildman–Crippen LogP) is 1.06. The van der Waals surface area contributed by atoms with Gasteiger partial charge in [-0.2, -0.15) is 0 Å². The van der Waals surface area contributed by atoms with Crippen LogP contribution in [0.15, 0.2) is 24.8 Å². The zero-order valence-electron chi connectivity index (χ0n) is 9.94. The smallest absolute Gasteiger partial charge is 0.404 e. The number of hydrogen-bond donors (Lipinski definition) is 1. The van der Waals surface area contributed by atoms with Crippen molar-refractivity contribution in [3.63, 3.8) is 0 Å². The Balaban J connectivity index is 2.26. The van der Waals surface area contributed by atoms with Gasteiger partial charge in [0.2, 0.25) is 0 Å². The second-order valence-electron chi connectivity index (χ2n) is 3.56. The van der Waals surface area contributed by atoms with Gasteiger partial charge in [0, 0.05) is 12.8 Å². The Hall–Kier alpha value is -2.15. The molecule has 18 heavy (non-hydrogen) atoms. The van der Waals surface area contributed by atoms with Crippen LogP contribution in [0.25, 0.3) is 11.0 Å². The van der Waals surface area contributed by atoms with Crippen molar-refractivity contribution in [3.05, 3.63) is 24.8 Å². The minimum atomic E-state index is -0.826. The van der Waals surface area contributed by atoms with Crippen LogP contribution in [0.2, 0.25) is 0 Å². The van der Waals surface area contributed by atoms with Gasteiger partial charge in [-0.05, 0) is 13.0 Å². The number of aromatic nitrogens is 3. The van der Waals surface area contributed by atoms with Crippen LogP contribution in [0.4, 0.5) is 4.79 Å². The summed E-state index contributed by atoms with van der Waals surface area (Å²) in [5.41, 5.74) is 6.56. The molecular formula is C11H14N4O3. The summed E-state index contributed by atoms with van der Waals surface area (Å²) >= 11 is 0. The van der Waals surface area contributed by atoms with Gasteiger partial charge in [0.15, 0.2) is 6.23 Å². The lowest BCUT2D eigenvalue weighted by Crippen LogP contribution is -2.23. The summed E-state index contributed by atoms with van der Waals surface area (Å²) in [5.74, 6) is 0. The average molecular weight is 250 g/mol. The topological polar surface area (TPSA) is 92.3 Å². The zero-order chi connectivity index (χ0) is 13.0. The summed E-state index contributed by atoms with van der Waals surface area (Å²) in [6, 6.07) is 1.84. The highest BCUT2D eigenvalue weighted by atomic mass is 16.6. The summed E-state index contributed by atoms with van der Waals surface area (Å²) in [4.78, 5) is 18.7. The van der Waals surface area contributed by atoms with Crippen molar-refractivity contribution >= 4 is 17.1 Å². The molecule has 7 nitrogen and oxygen atoms in total. The first-order valence-corrected chi connectivity index (χ1v) is 5.52. The van der Waals surface area contributed by atoms with Gasteiger partial charge < -0.3 is 19.8 Å². The molecule has 1 amide bonds. The number of nitrogens with two attached hydrogens (primary N) is 1. The number of carbonyl (C=O) groups excluding carboxylic acids is 1. The molecular weight excluding hydrogens is 236 g/mol. The van der Waals surface area contributed by atoms with Gasteiger partial charge in [-0.15, -0.1) is 0 Å². The lowest BCUT2D eigenvalue weighted by atomic mass is 10.4. The number of nitrogens with zero attached hydrogens (tertiary/aromatic N) is 3. The number of primary amides is 1. The number of hydrogen-bond acceptors (Lipinski definition) is 5. The van der Waals surface area contributed by atoms with Crippen LogP contribution in [0.3, 0.4) is 0 Å². The number of carbonyl (C=O) groups is 1. The first kappa shape index (κ1) is 12.3. The van der Waals surface area contributed by atoms with Crippen LogP contribution in [0.1, 0.15) is 13.2 Å². The molecule has 0 aliphatic carbocycles.